The van der Waals surface area contributed by atoms with Gasteiger partial charge in [0, 0.05) is 0 Å². The maximum absolute atomic E-state index is 12.9. The second kappa shape index (κ2) is 3.75. The van der Waals surface area contributed by atoms with Crippen molar-refractivity contribution in [3.63, 3.8) is 0 Å². The van der Waals surface area contributed by atoms with Crippen molar-refractivity contribution in [3.05, 3.63) is 33.5 Å². The molecule has 0 amide bonds. The van der Waals surface area contributed by atoms with Gasteiger partial charge >= 0.3 is 11.9 Å². The van der Waals surface area contributed by atoms with Crippen molar-refractivity contribution in [3.8, 4) is 0 Å². The maximum Gasteiger partial charge on any atom is 0.337 e. The van der Waals surface area contributed by atoms with E-state index in [4.69, 9.17) is 10.2 Å². The molecule has 0 saturated heterocycles. The lowest BCUT2D eigenvalue weighted by Gasteiger charge is -2.04. The van der Waals surface area contributed by atoms with Gasteiger partial charge in [-0.15, -0.1) is 0 Å². The van der Waals surface area contributed by atoms with E-state index in [1.807, 2.05) is 0 Å². The summed E-state index contributed by atoms with van der Waals surface area (Å²) in [6.07, 6.45) is 0. The molecule has 74 valence electrons. The van der Waals surface area contributed by atoms with E-state index in [1.165, 1.54) is 0 Å². The lowest BCUT2D eigenvalue weighted by molar-refractivity contribution is 0.0650. The molecule has 0 bridgehead atoms. The third kappa shape index (κ3) is 1.74. The SMILES string of the molecule is O=C(O)c1ccc(F)c(Br)c1C(=O)O. The second-order valence-corrected chi connectivity index (χ2v) is 3.19. The third-order valence-corrected chi connectivity index (χ3v) is 2.31. The Hall–Kier alpha value is -1.43. The van der Waals surface area contributed by atoms with Gasteiger partial charge in [0.05, 0.1) is 15.6 Å². The molecule has 0 radical (unpaired) electrons. The van der Waals surface area contributed by atoms with Crippen LogP contribution in [-0.4, -0.2) is 22.2 Å². The van der Waals surface area contributed by atoms with E-state index < -0.39 is 28.9 Å². The summed E-state index contributed by atoms with van der Waals surface area (Å²) in [6.45, 7) is 0. The minimum atomic E-state index is -1.49. The van der Waals surface area contributed by atoms with Crippen molar-refractivity contribution < 1.29 is 24.2 Å². The molecule has 0 atom stereocenters. The van der Waals surface area contributed by atoms with Crippen molar-refractivity contribution in [1.82, 2.24) is 0 Å². The van der Waals surface area contributed by atoms with E-state index in [1.54, 1.807) is 0 Å². The largest absolute Gasteiger partial charge is 0.478 e. The van der Waals surface area contributed by atoms with E-state index >= 15 is 0 Å². The summed E-state index contributed by atoms with van der Waals surface area (Å²) in [5.74, 6) is -3.72. The Labute approximate surface area is 86.1 Å². The summed E-state index contributed by atoms with van der Waals surface area (Å²) in [5.41, 5.74) is -1.04. The van der Waals surface area contributed by atoms with Crippen LogP contribution in [0.3, 0.4) is 0 Å². The van der Waals surface area contributed by atoms with Gasteiger partial charge in [-0.1, -0.05) is 0 Å². The zero-order valence-electron chi connectivity index (χ0n) is 6.62. The van der Waals surface area contributed by atoms with Crippen LogP contribution in [0.1, 0.15) is 20.7 Å². The molecule has 0 fully saturated rings. The minimum Gasteiger partial charge on any atom is -0.478 e. The number of carboxylic acids is 2. The predicted molar refractivity (Wildman–Crippen MR) is 48.0 cm³/mol. The van der Waals surface area contributed by atoms with Crippen LogP contribution in [0.25, 0.3) is 0 Å². The third-order valence-electron chi connectivity index (χ3n) is 1.54. The summed E-state index contributed by atoms with van der Waals surface area (Å²) in [4.78, 5) is 21.2. The quantitative estimate of drug-likeness (QED) is 0.855. The summed E-state index contributed by atoms with van der Waals surface area (Å²) < 4.78 is 12.5. The molecule has 0 aromatic heterocycles. The number of carboxylic acid groups (broad SMARTS) is 2. The highest BCUT2D eigenvalue weighted by Gasteiger charge is 2.21. The Morgan fingerprint density at radius 1 is 1.21 bits per heavy atom. The average molecular weight is 263 g/mol. The monoisotopic (exact) mass is 262 g/mol. The van der Waals surface area contributed by atoms with E-state index in [9.17, 15) is 14.0 Å². The Morgan fingerprint density at radius 3 is 2.21 bits per heavy atom. The lowest BCUT2D eigenvalue weighted by Crippen LogP contribution is -2.09. The Balaban J connectivity index is 3.53. The van der Waals surface area contributed by atoms with Crippen LogP contribution in [0.5, 0.6) is 0 Å². The van der Waals surface area contributed by atoms with Crippen molar-refractivity contribution in [2.24, 2.45) is 0 Å². The standard InChI is InChI=1S/C8H4BrFO4/c9-6-4(10)2-1-3(7(11)12)5(6)8(13)14/h1-2H,(H,11,12)(H,13,14). The number of aromatic carboxylic acids is 2. The number of hydrogen-bond acceptors (Lipinski definition) is 2. The van der Waals surface area contributed by atoms with Crippen LogP contribution in [0.4, 0.5) is 4.39 Å². The fourth-order valence-corrected chi connectivity index (χ4v) is 1.45. The van der Waals surface area contributed by atoms with E-state index in [-0.39, 0.29) is 4.47 Å². The van der Waals surface area contributed by atoms with Crippen molar-refractivity contribution >= 4 is 27.9 Å². The Bertz CT molecular complexity index is 416. The molecule has 14 heavy (non-hydrogen) atoms. The molecule has 4 nitrogen and oxygen atoms in total. The summed E-state index contributed by atoms with van der Waals surface area (Å²) in [5, 5.41) is 17.3. The first kappa shape index (κ1) is 10.6. The smallest absolute Gasteiger partial charge is 0.337 e. The second-order valence-electron chi connectivity index (χ2n) is 2.39. The molecule has 2 N–H and O–H groups in total. The average Bonchev–Trinajstić information content (AvgIpc) is 2.08. The van der Waals surface area contributed by atoms with Crippen molar-refractivity contribution in [2.45, 2.75) is 0 Å². The zero-order chi connectivity index (χ0) is 10.9. The number of halogens is 2. The van der Waals surface area contributed by atoms with Gasteiger partial charge in [0.2, 0.25) is 0 Å². The first-order chi connectivity index (χ1) is 6.45. The van der Waals surface area contributed by atoms with Gasteiger partial charge < -0.3 is 10.2 Å². The molecular formula is C8H4BrFO4. The Kier molecular flexibility index (Phi) is 2.85. The molecule has 6 heteroatoms. The topological polar surface area (TPSA) is 74.6 Å². The van der Waals surface area contributed by atoms with Gasteiger partial charge in [-0.05, 0) is 28.1 Å². The molecule has 1 aromatic carbocycles. The molecule has 0 aliphatic carbocycles. The number of hydrogen-bond donors (Lipinski definition) is 2. The molecule has 0 heterocycles. The molecule has 0 spiro atoms. The van der Waals surface area contributed by atoms with Crippen LogP contribution >= 0.6 is 15.9 Å². The van der Waals surface area contributed by atoms with Gasteiger partial charge in [-0.2, -0.15) is 0 Å². The number of carbonyl (C=O) groups is 2. The van der Waals surface area contributed by atoms with Gasteiger partial charge in [0.1, 0.15) is 5.82 Å². The molecule has 1 aromatic rings. The fraction of sp³-hybridized carbons (Fsp3) is 0. The highest BCUT2D eigenvalue weighted by molar-refractivity contribution is 9.10. The van der Waals surface area contributed by atoms with Crippen LogP contribution in [0, 0.1) is 5.82 Å². The summed E-state index contributed by atoms with van der Waals surface area (Å²) in [6, 6.07) is 1.80. The fourth-order valence-electron chi connectivity index (χ4n) is 0.938. The first-order valence-corrected chi connectivity index (χ1v) is 4.19. The summed E-state index contributed by atoms with van der Waals surface area (Å²) >= 11 is 2.68. The van der Waals surface area contributed by atoms with Crippen LogP contribution < -0.4 is 0 Å². The molecule has 0 aliphatic heterocycles. The highest BCUT2D eigenvalue weighted by atomic mass is 79.9. The Morgan fingerprint density at radius 2 is 1.79 bits per heavy atom. The first-order valence-electron chi connectivity index (χ1n) is 3.39. The normalized spacial score (nSPS) is 9.86. The number of benzene rings is 1. The lowest BCUT2D eigenvalue weighted by atomic mass is 10.1. The van der Waals surface area contributed by atoms with Gasteiger partial charge in [-0.25, -0.2) is 14.0 Å². The van der Waals surface area contributed by atoms with Gasteiger partial charge in [-0.3, -0.25) is 0 Å². The maximum atomic E-state index is 12.9. The van der Waals surface area contributed by atoms with Crippen molar-refractivity contribution in [2.75, 3.05) is 0 Å². The van der Waals surface area contributed by atoms with Crippen molar-refractivity contribution in [1.29, 1.82) is 0 Å². The van der Waals surface area contributed by atoms with Gasteiger partial charge in [0.15, 0.2) is 0 Å². The molecule has 0 saturated carbocycles. The highest BCUT2D eigenvalue weighted by Crippen LogP contribution is 2.24. The van der Waals surface area contributed by atoms with Crippen LogP contribution in [0.2, 0.25) is 0 Å². The van der Waals surface area contributed by atoms with E-state index in [0.29, 0.717) is 0 Å². The molecule has 1 rings (SSSR count). The van der Waals surface area contributed by atoms with Crippen LogP contribution in [-0.2, 0) is 0 Å². The number of rotatable bonds is 2. The predicted octanol–water partition coefficient (Wildman–Crippen LogP) is 1.98. The molecule has 0 unspecified atom stereocenters. The van der Waals surface area contributed by atoms with E-state index in [0.717, 1.165) is 12.1 Å². The molecule has 0 aliphatic rings. The summed E-state index contributed by atoms with van der Waals surface area (Å²) in [7, 11) is 0. The van der Waals surface area contributed by atoms with Crippen LogP contribution in [0.15, 0.2) is 16.6 Å². The molecular weight excluding hydrogens is 259 g/mol. The zero-order valence-corrected chi connectivity index (χ0v) is 8.21. The van der Waals surface area contributed by atoms with Gasteiger partial charge in [0.25, 0.3) is 0 Å². The van der Waals surface area contributed by atoms with E-state index in [2.05, 4.69) is 15.9 Å². The minimum absolute atomic E-state index is 0.357.